The molecule has 1 aromatic carbocycles. The van der Waals surface area contributed by atoms with Crippen LogP contribution in [0.5, 0.6) is 0 Å². The number of aryl methyl sites for hydroxylation is 2. The number of carbonyl (C=O) groups is 1. The quantitative estimate of drug-likeness (QED) is 0.584. The first-order chi connectivity index (χ1) is 13.6. The highest BCUT2D eigenvalue weighted by atomic mass is 16.2. The molecular weight excluding hydrogens is 358 g/mol. The summed E-state index contributed by atoms with van der Waals surface area (Å²) in [6, 6.07) is 10.5. The van der Waals surface area contributed by atoms with Crippen molar-refractivity contribution >= 4 is 22.6 Å². The molecule has 0 fully saturated rings. The molecule has 0 spiro atoms. The van der Waals surface area contributed by atoms with Crippen LogP contribution in [0.3, 0.4) is 0 Å². The van der Waals surface area contributed by atoms with Gasteiger partial charge < -0.3 is 9.88 Å². The van der Waals surface area contributed by atoms with E-state index in [1.54, 1.807) is 47.2 Å². The molecule has 0 atom stereocenters. The molecule has 0 bridgehead atoms. The Balaban J connectivity index is 1.72. The molecule has 28 heavy (non-hydrogen) atoms. The van der Waals surface area contributed by atoms with Crippen LogP contribution in [0.1, 0.15) is 23.0 Å². The van der Waals surface area contributed by atoms with Gasteiger partial charge in [-0.2, -0.15) is 0 Å². The predicted molar refractivity (Wildman–Crippen MR) is 104 cm³/mol. The van der Waals surface area contributed by atoms with Crippen molar-refractivity contribution in [2.75, 3.05) is 5.32 Å². The van der Waals surface area contributed by atoms with Crippen molar-refractivity contribution in [3.63, 3.8) is 0 Å². The Morgan fingerprint density at radius 2 is 2.07 bits per heavy atom. The van der Waals surface area contributed by atoms with Gasteiger partial charge in [0.1, 0.15) is 17.5 Å². The van der Waals surface area contributed by atoms with Gasteiger partial charge in [0.2, 0.25) is 5.43 Å². The molecule has 9 heteroatoms. The van der Waals surface area contributed by atoms with Crippen LogP contribution in [0.15, 0.2) is 53.7 Å². The molecule has 0 unspecified atom stereocenters. The highest BCUT2D eigenvalue weighted by Crippen LogP contribution is 2.15. The van der Waals surface area contributed by atoms with E-state index in [0.717, 1.165) is 5.69 Å². The highest BCUT2D eigenvalue weighted by molar-refractivity contribution is 6.05. The van der Waals surface area contributed by atoms with Crippen molar-refractivity contribution in [2.45, 2.75) is 20.4 Å². The van der Waals surface area contributed by atoms with Crippen LogP contribution in [0, 0.1) is 6.92 Å². The van der Waals surface area contributed by atoms with Crippen LogP contribution >= 0.6 is 0 Å². The van der Waals surface area contributed by atoms with Crippen LogP contribution < -0.4 is 10.7 Å². The lowest BCUT2D eigenvalue weighted by molar-refractivity contribution is 0.102. The molecule has 4 rings (SSSR count). The van der Waals surface area contributed by atoms with Gasteiger partial charge in [0.15, 0.2) is 0 Å². The third kappa shape index (κ3) is 3.13. The average molecular weight is 375 g/mol. The van der Waals surface area contributed by atoms with E-state index < -0.39 is 5.91 Å². The summed E-state index contributed by atoms with van der Waals surface area (Å²) in [6.45, 7) is 4.38. The number of fused-ring (bicyclic) bond motifs is 1. The van der Waals surface area contributed by atoms with Gasteiger partial charge >= 0.3 is 0 Å². The molecule has 1 N–H and O–H groups in total. The Hall–Kier alpha value is -3.88. The summed E-state index contributed by atoms with van der Waals surface area (Å²) in [5, 5.41) is 14.2. The minimum atomic E-state index is -0.483. The number of hydrogen-bond donors (Lipinski definition) is 1. The number of tetrazole rings is 1. The summed E-state index contributed by atoms with van der Waals surface area (Å²) in [5.41, 5.74) is 2.32. The Labute approximate surface area is 159 Å². The van der Waals surface area contributed by atoms with Crippen molar-refractivity contribution in [1.82, 2.24) is 29.8 Å². The molecule has 0 aliphatic rings. The standard InChI is InChI=1S/C19H17N7O2/c1-3-25-10-16(17(27)15-8-7-12(2)21-18(15)25)19(28)22-13-5-4-6-14(9-13)26-11-20-23-24-26/h4-11H,3H2,1-2H3,(H,22,28). The molecule has 3 aromatic heterocycles. The molecule has 9 nitrogen and oxygen atoms in total. The molecule has 0 saturated carbocycles. The van der Waals surface area contributed by atoms with Crippen molar-refractivity contribution in [3.05, 3.63) is 70.4 Å². The molecule has 0 saturated heterocycles. The SMILES string of the molecule is CCn1cc(C(=O)Nc2cccc(-n3cnnn3)c2)c(=O)c2ccc(C)nc21. The van der Waals surface area contributed by atoms with Crippen molar-refractivity contribution in [1.29, 1.82) is 0 Å². The zero-order chi connectivity index (χ0) is 19.7. The van der Waals surface area contributed by atoms with Crippen LogP contribution in [0.25, 0.3) is 16.7 Å². The lowest BCUT2D eigenvalue weighted by Gasteiger charge is -2.12. The lowest BCUT2D eigenvalue weighted by Crippen LogP contribution is -2.24. The van der Waals surface area contributed by atoms with Crippen LogP contribution in [-0.4, -0.2) is 35.7 Å². The number of anilines is 1. The highest BCUT2D eigenvalue weighted by Gasteiger charge is 2.16. The van der Waals surface area contributed by atoms with Crippen molar-refractivity contribution < 1.29 is 4.79 Å². The average Bonchev–Trinajstić information content (AvgIpc) is 3.23. The smallest absolute Gasteiger partial charge is 0.261 e. The normalized spacial score (nSPS) is 10.9. The number of amides is 1. The number of carbonyl (C=O) groups excluding carboxylic acids is 1. The van der Waals surface area contributed by atoms with Gasteiger partial charge in [0.25, 0.3) is 5.91 Å². The topological polar surface area (TPSA) is 108 Å². The van der Waals surface area contributed by atoms with E-state index in [1.807, 2.05) is 13.8 Å². The van der Waals surface area contributed by atoms with E-state index in [1.165, 1.54) is 11.0 Å². The Bertz CT molecular complexity index is 1230. The number of nitrogens with zero attached hydrogens (tertiary/aromatic N) is 6. The number of pyridine rings is 2. The summed E-state index contributed by atoms with van der Waals surface area (Å²) in [7, 11) is 0. The molecular formula is C19H17N7O2. The third-order valence-electron chi connectivity index (χ3n) is 4.36. The predicted octanol–water partition coefficient (Wildman–Crippen LogP) is 1.95. The minimum Gasteiger partial charge on any atom is -0.332 e. The molecule has 140 valence electrons. The molecule has 0 aliphatic carbocycles. The summed E-state index contributed by atoms with van der Waals surface area (Å²) in [4.78, 5) is 30.1. The van der Waals surface area contributed by atoms with Gasteiger partial charge in [-0.05, 0) is 54.6 Å². The first kappa shape index (κ1) is 17.5. The molecule has 3 heterocycles. The third-order valence-corrected chi connectivity index (χ3v) is 4.36. The fourth-order valence-electron chi connectivity index (χ4n) is 2.97. The van der Waals surface area contributed by atoms with Crippen LogP contribution in [-0.2, 0) is 6.54 Å². The molecule has 0 radical (unpaired) electrons. The lowest BCUT2D eigenvalue weighted by atomic mass is 10.1. The van der Waals surface area contributed by atoms with E-state index in [9.17, 15) is 9.59 Å². The van der Waals surface area contributed by atoms with Gasteiger partial charge in [0, 0.05) is 24.1 Å². The van der Waals surface area contributed by atoms with E-state index in [-0.39, 0.29) is 11.0 Å². The fraction of sp³-hybridized carbons (Fsp3) is 0.158. The largest absolute Gasteiger partial charge is 0.332 e. The zero-order valence-electron chi connectivity index (χ0n) is 15.3. The van der Waals surface area contributed by atoms with Gasteiger partial charge in [-0.3, -0.25) is 9.59 Å². The number of rotatable bonds is 4. The number of benzene rings is 1. The van der Waals surface area contributed by atoms with Gasteiger partial charge in [-0.15, -0.1) is 5.10 Å². The van der Waals surface area contributed by atoms with E-state index in [0.29, 0.717) is 29.0 Å². The zero-order valence-corrected chi connectivity index (χ0v) is 15.3. The Morgan fingerprint density at radius 3 is 2.82 bits per heavy atom. The second kappa shape index (κ2) is 7.03. The number of aromatic nitrogens is 6. The maximum Gasteiger partial charge on any atom is 0.261 e. The molecule has 4 aromatic rings. The monoisotopic (exact) mass is 375 g/mol. The number of nitrogens with one attached hydrogen (secondary N) is 1. The summed E-state index contributed by atoms with van der Waals surface area (Å²) in [6.07, 6.45) is 3.01. The van der Waals surface area contributed by atoms with Crippen molar-refractivity contribution in [3.8, 4) is 5.69 Å². The van der Waals surface area contributed by atoms with Gasteiger partial charge in [0.05, 0.1) is 11.1 Å². The second-order valence-electron chi connectivity index (χ2n) is 6.24. The maximum absolute atomic E-state index is 12.8. The summed E-state index contributed by atoms with van der Waals surface area (Å²) >= 11 is 0. The Kier molecular flexibility index (Phi) is 4.40. The Morgan fingerprint density at radius 1 is 1.21 bits per heavy atom. The van der Waals surface area contributed by atoms with E-state index in [4.69, 9.17) is 0 Å². The summed E-state index contributed by atoms with van der Waals surface area (Å²) in [5.74, 6) is -0.483. The second-order valence-corrected chi connectivity index (χ2v) is 6.24. The fourth-order valence-corrected chi connectivity index (χ4v) is 2.97. The van der Waals surface area contributed by atoms with Gasteiger partial charge in [-0.25, -0.2) is 9.67 Å². The van der Waals surface area contributed by atoms with Gasteiger partial charge in [-0.1, -0.05) is 6.07 Å². The van der Waals surface area contributed by atoms with E-state index in [2.05, 4.69) is 25.8 Å². The minimum absolute atomic E-state index is 0.0628. The van der Waals surface area contributed by atoms with Crippen LogP contribution in [0.2, 0.25) is 0 Å². The molecule has 1 amide bonds. The first-order valence-corrected chi connectivity index (χ1v) is 8.72. The number of hydrogen-bond acceptors (Lipinski definition) is 6. The maximum atomic E-state index is 12.8. The first-order valence-electron chi connectivity index (χ1n) is 8.72. The van der Waals surface area contributed by atoms with Crippen molar-refractivity contribution in [2.24, 2.45) is 0 Å². The molecule has 0 aliphatic heterocycles. The van der Waals surface area contributed by atoms with Crippen LogP contribution in [0.4, 0.5) is 5.69 Å². The van der Waals surface area contributed by atoms with E-state index >= 15 is 0 Å². The summed E-state index contributed by atoms with van der Waals surface area (Å²) < 4.78 is 3.28.